The molecule has 0 unspecified atom stereocenters. The molecule has 2 aromatic heterocycles. The zero-order chi connectivity index (χ0) is 18.8. The van der Waals surface area contributed by atoms with Crippen LogP contribution >= 0.6 is 0 Å². The van der Waals surface area contributed by atoms with E-state index in [2.05, 4.69) is 9.97 Å². The fourth-order valence-corrected chi connectivity index (χ4v) is 3.14. The number of carboxylic acid groups (broad SMARTS) is 1. The first kappa shape index (κ1) is 17.0. The Kier molecular flexibility index (Phi) is 4.45. The summed E-state index contributed by atoms with van der Waals surface area (Å²) in [6.07, 6.45) is 2.83. The van der Waals surface area contributed by atoms with E-state index in [0.717, 1.165) is 11.0 Å². The number of benzene rings is 1. The van der Waals surface area contributed by atoms with E-state index in [4.69, 9.17) is 9.52 Å². The van der Waals surface area contributed by atoms with E-state index in [-0.39, 0.29) is 17.9 Å². The number of fused-ring (bicyclic) bond motifs is 1. The van der Waals surface area contributed by atoms with Crippen LogP contribution in [0.25, 0.3) is 11.0 Å². The fourth-order valence-electron chi connectivity index (χ4n) is 3.14. The number of aromatic carboxylic acids is 1. The fraction of sp³-hybridized carbons (Fsp3) is 0.263. The average Bonchev–Trinajstić information content (AvgIpc) is 3.10. The van der Waals surface area contributed by atoms with Crippen molar-refractivity contribution in [3.63, 3.8) is 0 Å². The van der Waals surface area contributed by atoms with E-state index in [1.807, 2.05) is 35.2 Å². The van der Waals surface area contributed by atoms with Gasteiger partial charge in [0, 0.05) is 44.0 Å². The van der Waals surface area contributed by atoms with Crippen LogP contribution in [0.4, 0.5) is 5.95 Å². The summed E-state index contributed by atoms with van der Waals surface area (Å²) < 4.78 is 5.72. The van der Waals surface area contributed by atoms with Gasteiger partial charge in [-0.05, 0) is 12.1 Å². The Labute approximate surface area is 155 Å². The largest absolute Gasteiger partial charge is 0.478 e. The first-order valence-electron chi connectivity index (χ1n) is 8.65. The molecule has 0 saturated carbocycles. The smallest absolute Gasteiger partial charge is 0.338 e. The van der Waals surface area contributed by atoms with Gasteiger partial charge in [-0.1, -0.05) is 18.2 Å². The van der Waals surface area contributed by atoms with Gasteiger partial charge in [-0.3, -0.25) is 4.79 Å². The highest BCUT2D eigenvalue weighted by molar-refractivity contribution is 5.86. The van der Waals surface area contributed by atoms with Gasteiger partial charge in [0.15, 0.2) is 0 Å². The summed E-state index contributed by atoms with van der Waals surface area (Å²) in [4.78, 5) is 35.4. The lowest BCUT2D eigenvalue weighted by molar-refractivity contribution is -0.131. The van der Waals surface area contributed by atoms with Crippen LogP contribution in [-0.2, 0) is 11.2 Å². The number of hydrogen-bond acceptors (Lipinski definition) is 6. The lowest BCUT2D eigenvalue weighted by Crippen LogP contribution is -2.49. The Morgan fingerprint density at radius 2 is 1.78 bits per heavy atom. The number of carboxylic acids is 1. The summed E-state index contributed by atoms with van der Waals surface area (Å²) in [6.45, 7) is 2.31. The van der Waals surface area contributed by atoms with Crippen LogP contribution in [0, 0.1) is 0 Å². The second-order valence-corrected chi connectivity index (χ2v) is 6.37. The number of carbonyl (C=O) groups excluding carboxylic acids is 1. The molecule has 1 aromatic carbocycles. The molecule has 3 heterocycles. The Hall–Kier alpha value is -3.42. The van der Waals surface area contributed by atoms with Gasteiger partial charge in [0.2, 0.25) is 11.9 Å². The molecule has 0 atom stereocenters. The minimum atomic E-state index is -1.05. The Balaban J connectivity index is 1.35. The van der Waals surface area contributed by atoms with E-state index in [9.17, 15) is 9.59 Å². The van der Waals surface area contributed by atoms with E-state index in [1.54, 1.807) is 4.90 Å². The number of amides is 1. The van der Waals surface area contributed by atoms with E-state index >= 15 is 0 Å². The van der Waals surface area contributed by atoms with Gasteiger partial charge in [-0.2, -0.15) is 0 Å². The van der Waals surface area contributed by atoms with Crippen LogP contribution in [0.15, 0.2) is 47.1 Å². The van der Waals surface area contributed by atoms with Gasteiger partial charge in [0.25, 0.3) is 0 Å². The van der Waals surface area contributed by atoms with Crippen LogP contribution in [0.2, 0.25) is 0 Å². The van der Waals surface area contributed by atoms with Crippen LogP contribution in [-0.4, -0.2) is 58.0 Å². The molecule has 1 N–H and O–H groups in total. The zero-order valence-corrected chi connectivity index (χ0v) is 14.5. The maximum atomic E-state index is 12.6. The number of carbonyl (C=O) groups is 2. The summed E-state index contributed by atoms with van der Waals surface area (Å²) in [5, 5.41) is 9.90. The van der Waals surface area contributed by atoms with Crippen molar-refractivity contribution in [1.29, 1.82) is 0 Å². The first-order valence-corrected chi connectivity index (χ1v) is 8.65. The number of rotatable bonds is 4. The molecule has 1 fully saturated rings. The molecule has 0 aliphatic carbocycles. The average molecular weight is 366 g/mol. The van der Waals surface area contributed by atoms with Crippen molar-refractivity contribution >= 4 is 28.8 Å². The number of hydrogen-bond donors (Lipinski definition) is 1. The number of nitrogens with zero attached hydrogens (tertiary/aromatic N) is 4. The molecule has 1 aliphatic rings. The van der Waals surface area contributed by atoms with Crippen molar-refractivity contribution < 1.29 is 19.1 Å². The molecule has 1 aliphatic heterocycles. The van der Waals surface area contributed by atoms with Crippen LogP contribution in [0.5, 0.6) is 0 Å². The number of para-hydroxylation sites is 1. The van der Waals surface area contributed by atoms with Gasteiger partial charge in [0.05, 0.1) is 12.0 Å². The molecule has 4 rings (SSSR count). The molecule has 27 heavy (non-hydrogen) atoms. The first-order chi connectivity index (χ1) is 13.1. The highest BCUT2D eigenvalue weighted by atomic mass is 16.4. The third-order valence-corrected chi connectivity index (χ3v) is 4.60. The van der Waals surface area contributed by atoms with Crippen molar-refractivity contribution in [3.8, 4) is 0 Å². The molecule has 0 radical (unpaired) electrons. The molecule has 3 aromatic rings. The summed E-state index contributed by atoms with van der Waals surface area (Å²) in [6, 6.07) is 9.59. The number of anilines is 1. The second-order valence-electron chi connectivity index (χ2n) is 6.37. The summed E-state index contributed by atoms with van der Waals surface area (Å²) >= 11 is 0. The molecule has 0 spiro atoms. The minimum absolute atomic E-state index is 0.0239. The Morgan fingerprint density at radius 1 is 1.07 bits per heavy atom. The van der Waals surface area contributed by atoms with Gasteiger partial charge in [-0.15, -0.1) is 0 Å². The SMILES string of the molecule is O=C(O)c1cnc(N2CCN(C(=O)Cc3cc4ccccc4o3)CC2)nc1. The number of aromatic nitrogens is 2. The minimum Gasteiger partial charge on any atom is -0.478 e. The molecule has 1 amide bonds. The maximum absolute atomic E-state index is 12.6. The highest BCUT2D eigenvalue weighted by Crippen LogP contribution is 2.20. The molecule has 0 bridgehead atoms. The third-order valence-electron chi connectivity index (χ3n) is 4.60. The predicted molar refractivity (Wildman–Crippen MR) is 97.7 cm³/mol. The molecule has 138 valence electrons. The van der Waals surface area contributed by atoms with Crippen molar-refractivity contribution in [2.24, 2.45) is 0 Å². The predicted octanol–water partition coefficient (Wildman–Crippen LogP) is 1.81. The van der Waals surface area contributed by atoms with E-state index < -0.39 is 5.97 Å². The molecular formula is C19H18N4O4. The normalized spacial score (nSPS) is 14.5. The van der Waals surface area contributed by atoms with Gasteiger partial charge in [-0.25, -0.2) is 14.8 Å². The number of piperazine rings is 1. The second kappa shape index (κ2) is 7.06. The van der Waals surface area contributed by atoms with Crippen molar-refractivity contribution in [2.75, 3.05) is 31.1 Å². The molecule has 8 nitrogen and oxygen atoms in total. The number of furan rings is 1. The zero-order valence-electron chi connectivity index (χ0n) is 14.5. The van der Waals surface area contributed by atoms with Crippen molar-refractivity contribution in [2.45, 2.75) is 6.42 Å². The Bertz CT molecular complexity index is 942. The van der Waals surface area contributed by atoms with Crippen LogP contribution < -0.4 is 4.90 Å². The van der Waals surface area contributed by atoms with Crippen LogP contribution in [0.3, 0.4) is 0 Å². The van der Waals surface area contributed by atoms with Crippen molar-refractivity contribution in [1.82, 2.24) is 14.9 Å². The van der Waals surface area contributed by atoms with Crippen molar-refractivity contribution in [3.05, 3.63) is 54.0 Å². The van der Waals surface area contributed by atoms with Crippen LogP contribution in [0.1, 0.15) is 16.1 Å². The summed E-state index contributed by atoms with van der Waals surface area (Å²) in [5.74, 6) is 0.110. The summed E-state index contributed by atoms with van der Waals surface area (Å²) in [5.41, 5.74) is 0.838. The summed E-state index contributed by atoms with van der Waals surface area (Å²) in [7, 11) is 0. The van der Waals surface area contributed by atoms with Gasteiger partial charge < -0.3 is 19.3 Å². The maximum Gasteiger partial charge on any atom is 0.338 e. The Morgan fingerprint density at radius 3 is 2.44 bits per heavy atom. The lowest BCUT2D eigenvalue weighted by Gasteiger charge is -2.34. The highest BCUT2D eigenvalue weighted by Gasteiger charge is 2.23. The third kappa shape index (κ3) is 3.59. The van der Waals surface area contributed by atoms with E-state index in [1.165, 1.54) is 12.4 Å². The van der Waals surface area contributed by atoms with E-state index in [0.29, 0.717) is 37.9 Å². The monoisotopic (exact) mass is 366 g/mol. The topological polar surface area (TPSA) is 99.8 Å². The standard InChI is InChI=1S/C19H18N4O4/c24-17(10-15-9-13-3-1-2-4-16(13)27-15)22-5-7-23(8-6-22)19-20-11-14(12-21-19)18(25)26/h1-4,9,11-12H,5-8,10H2,(H,25,26). The lowest BCUT2D eigenvalue weighted by atomic mass is 10.2. The molecular weight excluding hydrogens is 348 g/mol. The molecule has 8 heteroatoms. The molecule has 1 saturated heterocycles. The van der Waals surface area contributed by atoms with Gasteiger partial charge >= 0.3 is 5.97 Å². The van der Waals surface area contributed by atoms with Gasteiger partial charge in [0.1, 0.15) is 11.3 Å². The quantitative estimate of drug-likeness (QED) is 0.752.